The third kappa shape index (κ3) is 2.82. The van der Waals surface area contributed by atoms with E-state index in [9.17, 15) is 0 Å². The van der Waals surface area contributed by atoms with E-state index in [1.807, 2.05) is 36.4 Å². The zero-order valence-electron chi connectivity index (χ0n) is 7.44. The molecule has 0 saturated carbocycles. The van der Waals surface area contributed by atoms with Crippen molar-refractivity contribution in [3.8, 4) is 0 Å². The summed E-state index contributed by atoms with van der Waals surface area (Å²) in [5, 5.41) is 0. The molecule has 0 amide bonds. The molecule has 0 aliphatic rings. The van der Waals surface area contributed by atoms with Crippen molar-refractivity contribution < 1.29 is 0 Å². The van der Waals surface area contributed by atoms with Gasteiger partial charge in [-0.1, -0.05) is 51.9 Å². The van der Waals surface area contributed by atoms with Crippen molar-refractivity contribution >= 4 is 21.6 Å². The van der Waals surface area contributed by atoms with Crippen LogP contribution in [-0.4, -0.2) is 0 Å². The van der Waals surface area contributed by atoms with E-state index in [4.69, 9.17) is 0 Å². The fourth-order valence-corrected chi connectivity index (χ4v) is 2.82. The van der Waals surface area contributed by atoms with Crippen molar-refractivity contribution in [1.29, 1.82) is 0 Å². The molecule has 2 aromatic rings. The normalized spacial score (nSPS) is 10.0. The number of rotatable bonds is 3. The van der Waals surface area contributed by atoms with Gasteiger partial charge in [0.15, 0.2) is 0 Å². The van der Waals surface area contributed by atoms with E-state index in [1.54, 1.807) is 21.6 Å². The Labute approximate surface area is 92.1 Å². The molecule has 2 rings (SSSR count). The summed E-state index contributed by atoms with van der Waals surface area (Å²) in [6.07, 6.45) is 0. The Bertz CT molecular complexity index is 331. The molecule has 0 atom stereocenters. The average Bonchev–Trinajstić information content (AvgIpc) is 2.29. The first kappa shape index (κ1) is 9.69. The highest BCUT2D eigenvalue weighted by Gasteiger charge is 1.95. The summed E-state index contributed by atoms with van der Waals surface area (Å²) in [5.74, 6) is 0. The van der Waals surface area contributed by atoms with Gasteiger partial charge in [0, 0.05) is 9.79 Å². The SMILES string of the molecule is [c]1cc[c]c(SSc2ccccc2)c1. The molecule has 0 spiro atoms. The van der Waals surface area contributed by atoms with E-state index in [2.05, 4.69) is 24.3 Å². The molecule has 0 aliphatic heterocycles. The van der Waals surface area contributed by atoms with Gasteiger partial charge in [0.2, 0.25) is 0 Å². The van der Waals surface area contributed by atoms with Crippen LogP contribution in [0.5, 0.6) is 0 Å². The lowest BCUT2D eigenvalue weighted by atomic mass is 10.4. The van der Waals surface area contributed by atoms with E-state index >= 15 is 0 Å². The fraction of sp³-hybridized carbons (Fsp3) is 0. The highest BCUT2D eigenvalue weighted by Crippen LogP contribution is 2.36. The highest BCUT2D eigenvalue weighted by molar-refractivity contribution is 8.76. The Morgan fingerprint density at radius 1 is 0.929 bits per heavy atom. The van der Waals surface area contributed by atoms with Gasteiger partial charge < -0.3 is 0 Å². The maximum Gasteiger partial charge on any atom is 0.0271 e. The minimum absolute atomic E-state index is 1.11. The molecule has 2 radical (unpaired) electrons. The highest BCUT2D eigenvalue weighted by atomic mass is 33.1. The molecule has 14 heavy (non-hydrogen) atoms. The molecule has 0 heterocycles. The monoisotopic (exact) mass is 216 g/mol. The quantitative estimate of drug-likeness (QED) is 0.709. The van der Waals surface area contributed by atoms with Crippen LogP contribution in [0.4, 0.5) is 0 Å². The van der Waals surface area contributed by atoms with Gasteiger partial charge in [-0.15, -0.1) is 0 Å². The zero-order chi connectivity index (χ0) is 9.64. The van der Waals surface area contributed by atoms with Crippen molar-refractivity contribution in [2.24, 2.45) is 0 Å². The summed E-state index contributed by atoms with van der Waals surface area (Å²) in [7, 11) is 3.44. The van der Waals surface area contributed by atoms with Crippen molar-refractivity contribution in [2.75, 3.05) is 0 Å². The molecule has 0 aliphatic carbocycles. The summed E-state index contributed by atoms with van der Waals surface area (Å²) in [4.78, 5) is 2.37. The second-order valence-corrected chi connectivity index (χ2v) is 4.88. The zero-order valence-corrected chi connectivity index (χ0v) is 9.07. The predicted octanol–water partition coefficient (Wildman–Crippen LogP) is 4.09. The van der Waals surface area contributed by atoms with Crippen LogP contribution in [-0.2, 0) is 0 Å². The van der Waals surface area contributed by atoms with E-state index in [0.29, 0.717) is 0 Å². The van der Waals surface area contributed by atoms with Crippen molar-refractivity contribution in [3.05, 3.63) is 60.7 Å². The average molecular weight is 216 g/mol. The lowest BCUT2D eigenvalue weighted by Gasteiger charge is -1.99. The molecule has 2 aromatic carbocycles. The third-order valence-corrected chi connectivity index (χ3v) is 3.92. The first-order chi connectivity index (χ1) is 6.95. The number of hydrogen-bond acceptors (Lipinski definition) is 2. The van der Waals surface area contributed by atoms with Gasteiger partial charge in [-0.3, -0.25) is 0 Å². The first-order valence-electron chi connectivity index (χ1n) is 4.22. The Hall–Kier alpha value is -0.860. The molecule has 0 saturated heterocycles. The lowest BCUT2D eigenvalue weighted by molar-refractivity contribution is 1.45. The van der Waals surface area contributed by atoms with Crippen LogP contribution in [0.2, 0.25) is 0 Å². The summed E-state index contributed by atoms with van der Waals surface area (Å²) < 4.78 is 0. The standard InChI is InChI=1S/C12H8S2/c1-3-7-11(8-4-1)13-14-12-9-5-2-6-10-12/h1-5,7-8,10H. The van der Waals surface area contributed by atoms with E-state index < -0.39 is 0 Å². The maximum absolute atomic E-state index is 3.15. The minimum atomic E-state index is 1.11. The second kappa shape index (κ2) is 5.13. The molecule has 0 nitrogen and oxygen atoms in total. The van der Waals surface area contributed by atoms with Crippen LogP contribution in [0.3, 0.4) is 0 Å². The molecule has 0 N–H and O–H groups in total. The Kier molecular flexibility index (Phi) is 3.55. The minimum Gasteiger partial charge on any atom is -0.0622 e. The van der Waals surface area contributed by atoms with Crippen LogP contribution in [0.1, 0.15) is 0 Å². The summed E-state index contributed by atoms with van der Waals surface area (Å²) in [5.41, 5.74) is 0. The molecule has 0 unspecified atom stereocenters. The Morgan fingerprint density at radius 2 is 1.79 bits per heavy atom. The van der Waals surface area contributed by atoms with Crippen LogP contribution >= 0.6 is 21.6 Å². The van der Waals surface area contributed by atoms with E-state index in [1.165, 1.54) is 4.90 Å². The second-order valence-electron chi connectivity index (χ2n) is 2.63. The Morgan fingerprint density at radius 3 is 2.50 bits per heavy atom. The van der Waals surface area contributed by atoms with Gasteiger partial charge in [0.1, 0.15) is 0 Å². The third-order valence-electron chi connectivity index (χ3n) is 1.59. The van der Waals surface area contributed by atoms with Gasteiger partial charge in [-0.2, -0.15) is 0 Å². The van der Waals surface area contributed by atoms with Gasteiger partial charge >= 0.3 is 0 Å². The summed E-state index contributed by atoms with van der Waals surface area (Å²) in [6.45, 7) is 0. The van der Waals surface area contributed by atoms with Crippen molar-refractivity contribution in [3.63, 3.8) is 0 Å². The van der Waals surface area contributed by atoms with Gasteiger partial charge in [0.05, 0.1) is 0 Å². The van der Waals surface area contributed by atoms with Gasteiger partial charge in [0.25, 0.3) is 0 Å². The molecular formula is C12H8S2. The topological polar surface area (TPSA) is 0 Å². The molecule has 2 heteroatoms. The largest absolute Gasteiger partial charge is 0.0622 e. The van der Waals surface area contributed by atoms with E-state index in [0.717, 1.165) is 4.90 Å². The molecule has 68 valence electrons. The predicted molar refractivity (Wildman–Crippen MR) is 62.3 cm³/mol. The van der Waals surface area contributed by atoms with Crippen LogP contribution in [0, 0.1) is 12.1 Å². The molecule has 0 fully saturated rings. The fourth-order valence-electron chi connectivity index (χ4n) is 0.955. The molecule has 0 bridgehead atoms. The van der Waals surface area contributed by atoms with E-state index in [-0.39, 0.29) is 0 Å². The van der Waals surface area contributed by atoms with Crippen LogP contribution in [0.25, 0.3) is 0 Å². The summed E-state index contributed by atoms with van der Waals surface area (Å²) in [6, 6.07) is 22.2. The van der Waals surface area contributed by atoms with Crippen molar-refractivity contribution in [2.45, 2.75) is 9.79 Å². The van der Waals surface area contributed by atoms with Crippen molar-refractivity contribution in [1.82, 2.24) is 0 Å². The summed E-state index contributed by atoms with van der Waals surface area (Å²) >= 11 is 0. The molecular weight excluding hydrogens is 208 g/mol. The molecule has 0 aromatic heterocycles. The van der Waals surface area contributed by atoms with Crippen LogP contribution in [0.15, 0.2) is 58.3 Å². The van der Waals surface area contributed by atoms with Gasteiger partial charge in [-0.25, -0.2) is 0 Å². The number of hydrogen-bond donors (Lipinski definition) is 0. The van der Waals surface area contributed by atoms with Crippen LogP contribution < -0.4 is 0 Å². The number of benzene rings is 2. The maximum atomic E-state index is 3.15. The van der Waals surface area contributed by atoms with Gasteiger partial charge in [-0.05, 0) is 30.3 Å². The Balaban J connectivity index is 1.96. The smallest absolute Gasteiger partial charge is 0.0271 e. The lowest BCUT2D eigenvalue weighted by Crippen LogP contribution is -1.68. The first-order valence-corrected chi connectivity index (χ1v) is 6.37.